The number of hydrogen-bond acceptors (Lipinski definition) is 4. The predicted octanol–water partition coefficient (Wildman–Crippen LogP) is 4.76. The van der Waals surface area contributed by atoms with E-state index < -0.39 is 21.9 Å². The molecule has 2 aromatic heterocycles. The molecule has 0 aliphatic rings. The third-order valence-corrected chi connectivity index (χ3v) is 6.46. The number of carboxylic acid groups (broad SMARTS) is 1. The fraction of sp³-hybridized carbons (Fsp3) is 0.304. The van der Waals surface area contributed by atoms with Gasteiger partial charge in [0.25, 0.3) is 10.0 Å². The Morgan fingerprint density at radius 3 is 2.50 bits per heavy atom. The molecule has 1 N–H and O–H groups in total. The summed E-state index contributed by atoms with van der Waals surface area (Å²) in [5, 5.41) is 9.65. The zero-order valence-corrected chi connectivity index (χ0v) is 19.2. The summed E-state index contributed by atoms with van der Waals surface area (Å²) >= 11 is 0. The summed E-state index contributed by atoms with van der Waals surface area (Å²) in [6, 6.07) is 8.70. The molecule has 0 saturated carbocycles. The van der Waals surface area contributed by atoms with Crippen molar-refractivity contribution >= 4 is 16.1 Å². The van der Waals surface area contributed by atoms with Crippen molar-refractivity contribution in [1.29, 1.82) is 0 Å². The van der Waals surface area contributed by atoms with Crippen molar-refractivity contribution in [2.24, 2.45) is 5.41 Å². The number of hydrogen-bond donors (Lipinski definition) is 1. The van der Waals surface area contributed by atoms with Gasteiger partial charge in [-0.15, -0.1) is 0 Å². The van der Waals surface area contributed by atoms with Gasteiger partial charge in [0.05, 0.1) is 12.2 Å². The maximum Gasteiger partial charge on any atom is 0.407 e. The Labute approximate surface area is 187 Å². The van der Waals surface area contributed by atoms with Crippen LogP contribution in [0.15, 0.2) is 59.9 Å². The van der Waals surface area contributed by atoms with Crippen LogP contribution in [0.1, 0.15) is 31.9 Å². The fourth-order valence-corrected chi connectivity index (χ4v) is 4.85. The van der Waals surface area contributed by atoms with Gasteiger partial charge in [-0.25, -0.2) is 21.6 Å². The molecule has 3 rings (SSSR count). The summed E-state index contributed by atoms with van der Waals surface area (Å²) in [5.41, 5.74) is 1.63. The van der Waals surface area contributed by atoms with E-state index in [1.807, 2.05) is 20.8 Å². The van der Waals surface area contributed by atoms with Gasteiger partial charge >= 0.3 is 6.09 Å². The summed E-state index contributed by atoms with van der Waals surface area (Å²) in [7, 11) is -4.02. The summed E-state index contributed by atoms with van der Waals surface area (Å²) in [4.78, 5) is 16.9. The molecule has 7 nitrogen and oxygen atoms in total. The van der Waals surface area contributed by atoms with E-state index in [-0.39, 0.29) is 23.4 Å². The van der Waals surface area contributed by atoms with E-state index in [4.69, 9.17) is 0 Å². The Morgan fingerprint density at radius 2 is 1.94 bits per heavy atom. The van der Waals surface area contributed by atoms with Crippen LogP contribution in [0.2, 0.25) is 0 Å². The standard InChI is InChI=1S/C23H26FN3O4S/c1-16-10-18(24)7-8-20(16)21-11-17(13-26(22(28)29)15-23(2,3)4)14-27(21)32(30,31)19-6-5-9-25-12-19/h5-12,14H,13,15H2,1-4H3,(H,28,29). The molecule has 170 valence electrons. The van der Waals surface area contributed by atoms with Crippen LogP contribution in [0.4, 0.5) is 9.18 Å². The highest BCUT2D eigenvalue weighted by molar-refractivity contribution is 7.90. The van der Waals surface area contributed by atoms with E-state index in [1.54, 1.807) is 13.0 Å². The lowest BCUT2D eigenvalue weighted by Gasteiger charge is -2.27. The van der Waals surface area contributed by atoms with Crippen LogP contribution >= 0.6 is 0 Å². The van der Waals surface area contributed by atoms with Gasteiger partial charge < -0.3 is 10.0 Å². The Bertz CT molecular complexity index is 1230. The van der Waals surface area contributed by atoms with Crippen LogP contribution in [-0.4, -0.2) is 40.0 Å². The molecular weight excluding hydrogens is 433 g/mol. The summed E-state index contributed by atoms with van der Waals surface area (Å²) in [5.74, 6) is -0.429. The maximum atomic E-state index is 13.7. The number of carbonyl (C=O) groups is 1. The number of aromatic nitrogens is 2. The van der Waals surface area contributed by atoms with E-state index in [1.165, 1.54) is 53.8 Å². The molecule has 0 unspecified atom stereocenters. The van der Waals surface area contributed by atoms with Gasteiger partial charge in [0.1, 0.15) is 10.7 Å². The third-order valence-electron chi connectivity index (χ3n) is 4.81. The van der Waals surface area contributed by atoms with E-state index in [0.29, 0.717) is 22.4 Å². The van der Waals surface area contributed by atoms with Crippen molar-refractivity contribution in [2.75, 3.05) is 6.54 Å². The number of amides is 1. The van der Waals surface area contributed by atoms with Gasteiger partial charge in [-0.1, -0.05) is 20.8 Å². The van der Waals surface area contributed by atoms with Crippen molar-refractivity contribution in [1.82, 2.24) is 13.9 Å². The zero-order valence-electron chi connectivity index (χ0n) is 18.4. The Balaban J connectivity index is 2.15. The van der Waals surface area contributed by atoms with Crippen molar-refractivity contribution in [2.45, 2.75) is 39.1 Å². The van der Waals surface area contributed by atoms with Gasteiger partial charge in [-0.3, -0.25) is 4.98 Å². The van der Waals surface area contributed by atoms with E-state index >= 15 is 0 Å². The molecular formula is C23H26FN3O4S. The molecule has 9 heteroatoms. The second kappa shape index (κ2) is 8.74. The minimum atomic E-state index is -4.02. The molecule has 32 heavy (non-hydrogen) atoms. The third kappa shape index (κ3) is 5.16. The van der Waals surface area contributed by atoms with Crippen LogP contribution in [-0.2, 0) is 16.6 Å². The predicted molar refractivity (Wildman–Crippen MR) is 119 cm³/mol. The van der Waals surface area contributed by atoms with Crippen LogP contribution in [0.3, 0.4) is 0 Å². The zero-order chi connectivity index (χ0) is 23.7. The van der Waals surface area contributed by atoms with Gasteiger partial charge in [0.15, 0.2) is 0 Å². The average molecular weight is 460 g/mol. The molecule has 0 aliphatic carbocycles. The number of nitrogens with zero attached hydrogens (tertiary/aromatic N) is 3. The maximum absolute atomic E-state index is 13.7. The quantitative estimate of drug-likeness (QED) is 0.574. The largest absolute Gasteiger partial charge is 0.465 e. The lowest BCUT2D eigenvalue weighted by atomic mass is 9.96. The molecule has 0 bridgehead atoms. The fourth-order valence-electron chi connectivity index (χ4n) is 3.49. The molecule has 0 atom stereocenters. The molecule has 0 aliphatic heterocycles. The molecule has 0 radical (unpaired) electrons. The second-order valence-corrected chi connectivity index (χ2v) is 10.7. The van der Waals surface area contributed by atoms with Crippen LogP contribution in [0.25, 0.3) is 11.3 Å². The summed E-state index contributed by atoms with van der Waals surface area (Å²) in [6.45, 7) is 7.75. The van der Waals surface area contributed by atoms with Crippen molar-refractivity contribution in [3.63, 3.8) is 0 Å². The normalized spacial score (nSPS) is 12.0. The van der Waals surface area contributed by atoms with E-state index in [2.05, 4.69) is 4.98 Å². The average Bonchev–Trinajstić information content (AvgIpc) is 3.11. The lowest BCUT2D eigenvalue weighted by Crippen LogP contribution is -2.36. The number of rotatable bonds is 6. The molecule has 0 saturated heterocycles. The first kappa shape index (κ1) is 23.5. The molecule has 1 aromatic carbocycles. The van der Waals surface area contributed by atoms with Gasteiger partial charge in [0.2, 0.25) is 0 Å². The highest BCUT2D eigenvalue weighted by atomic mass is 32.2. The van der Waals surface area contributed by atoms with Gasteiger partial charge in [-0.2, -0.15) is 0 Å². The Hall–Kier alpha value is -3.20. The first-order valence-corrected chi connectivity index (χ1v) is 11.4. The number of aryl methyl sites for hydroxylation is 1. The van der Waals surface area contributed by atoms with Crippen LogP contribution in [0.5, 0.6) is 0 Å². The van der Waals surface area contributed by atoms with Crippen LogP contribution < -0.4 is 0 Å². The number of pyridine rings is 1. The molecule has 0 spiro atoms. The number of benzene rings is 1. The van der Waals surface area contributed by atoms with Gasteiger partial charge in [0, 0.05) is 30.7 Å². The highest BCUT2D eigenvalue weighted by Gasteiger charge is 2.26. The summed E-state index contributed by atoms with van der Waals surface area (Å²) < 4.78 is 41.6. The smallest absolute Gasteiger partial charge is 0.407 e. The molecule has 3 aromatic rings. The monoisotopic (exact) mass is 459 g/mol. The second-order valence-electron chi connectivity index (χ2n) is 8.88. The topological polar surface area (TPSA) is 92.5 Å². The first-order chi connectivity index (χ1) is 14.9. The molecule has 2 heterocycles. The number of halogens is 1. The SMILES string of the molecule is Cc1cc(F)ccc1-c1cc(CN(CC(C)(C)C)C(=O)O)cn1S(=O)(=O)c1cccnc1. The molecule has 0 fully saturated rings. The van der Waals surface area contributed by atoms with Gasteiger partial charge in [-0.05, 0) is 59.9 Å². The van der Waals surface area contributed by atoms with Crippen molar-refractivity contribution in [3.05, 3.63) is 71.9 Å². The molecule has 1 amide bonds. The van der Waals surface area contributed by atoms with Crippen molar-refractivity contribution in [3.8, 4) is 11.3 Å². The van der Waals surface area contributed by atoms with Crippen molar-refractivity contribution < 1.29 is 22.7 Å². The van der Waals surface area contributed by atoms with Crippen LogP contribution in [0, 0.1) is 18.2 Å². The Kier molecular flexibility index (Phi) is 6.41. The van der Waals surface area contributed by atoms with E-state index in [0.717, 1.165) is 3.97 Å². The first-order valence-electron chi connectivity index (χ1n) is 10.00. The highest BCUT2D eigenvalue weighted by Crippen LogP contribution is 2.30. The lowest BCUT2D eigenvalue weighted by molar-refractivity contribution is 0.123. The van der Waals surface area contributed by atoms with E-state index in [9.17, 15) is 22.7 Å². The minimum Gasteiger partial charge on any atom is -0.465 e. The minimum absolute atomic E-state index is 0.00653. The summed E-state index contributed by atoms with van der Waals surface area (Å²) in [6.07, 6.45) is 3.04. The Morgan fingerprint density at radius 1 is 1.22 bits per heavy atom.